The van der Waals surface area contributed by atoms with Gasteiger partial charge in [0.1, 0.15) is 0 Å². The fourth-order valence-corrected chi connectivity index (χ4v) is 5.49. The molecule has 0 aliphatic rings. The smallest absolute Gasteiger partial charge is 0.0794 e. The van der Waals surface area contributed by atoms with Gasteiger partial charge in [-0.2, -0.15) is 0 Å². The molecule has 3 heterocycles. The maximum absolute atomic E-state index is 4.25. The van der Waals surface area contributed by atoms with E-state index in [-0.39, 0.29) is 6.04 Å². The van der Waals surface area contributed by atoms with E-state index < -0.39 is 0 Å². The van der Waals surface area contributed by atoms with E-state index in [0.29, 0.717) is 0 Å². The van der Waals surface area contributed by atoms with Crippen LogP contribution in [0.2, 0.25) is 0 Å². The number of nitrogens with one attached hydrogen (secondary N) is 2. The Morgan fingerprint density at radius 2 is 2.13 bits per heavy atom. The summed E-state index contributed by atoms with van der Waals surface area (Å²) >= 11 is 3.39. The summed E-state index contributed by atoms with van der Waals surface area (Å²) in [5.41, 5.74) is 5.68. The second-order valence-corrected chi connectivity index (χ2v) is 9.72. The second-order valence-electron chi connectivity index (χ2n) is 7.79. The lowest BCUT2D eigenvalue weighted by Crippen LogP contribution is -2.30. The first-order chi connectivity index (χ1) is 15.2. The van der Waals surface area contributed by atoms with Gasteiger partial charge in [0.25, 0.3) is 0 Å². The average molecular weight is 448 g/mol. The summed E-state index contributed by atoms with van der Waals surface area (Å²) < 4.78 is 5.86. The molecule has 5 nitrogen and oxygen atoms in total. The van der Waals surface area contributed by atoms with E-state index in [1.54, 1.807) is 23.3 Å². The van der Waals surface area contributed by atoms with Crippen molar-refractivity contribution in [1.82, 2.24) is 24.2 Å². The fraction of sp³-hybridized carbons (Fsp3) is 0.208. The number of aromatic amines is 1. The van der Waals surface area contributed by atoms with Gasteiger partial charge in [-0.25, -0.2) is 0 Å². The summed E-state index contributed by atoms with van der Waals surface area (Å²) in [5, 5.41) is 2.55. The average Bonchev–Trinajstić information content (AvgIpc) is 3.52. The number of fused-ring (bicyclic) bond motifs is 2. The van der Waals surface area contributed by atoms with Gasteiger partial charge in [-0.3, -0.25) is 14.6 Å². The lowest BCUT2D eigenvalue weighted by molar-refractivity contribution is 0.241. The largest absolute Gasteiger partial charge is 0.361 e. The molecule has 0 radical (unpaired) electrons. The van der Waals surface area contributed by atoms with Crippen LogP contribution in [-0.4, -0.2) is 33.0 Å². The van der Waals surface area contributed by atoms with Gasteiger partial charge in [-0.05, 0) is 54.2 Å². The van der Waals surface area contributed by atoms with Crippen LogP contribution in [0.25, 0.3) is 21.8 Å². The van der Waals surface area contributed by atoms with Crippen molar-refractivity contribution in [1.29, 1.82) is 0 Å². The number of para-hydroxylation sites is 1. The zero-order chi connectivity index (χ0) is 21.2. The Kier molecular flexibility index (Phi) is 5.82. The van der Waals surface area contributed by atoms with E-state index in [1.807, 2.05) is 17.9 Å². The van der Waals surface area contributed by atoms with Gasteiger partial charge in [0.2, 0.25) is 0 Å². The predicted molar refractivity (Wildman–Crippen MR) is 131 cm³/mol. The highest BCUT2D eigenvalue weighted by Crippen LogP contribution is 2.31. The number of hydrogen-bond donors (Lipinski definition) is 2. The minimum absolute atomic E-state index is 0.231. The highest BCUT2D eigenvalue weighted by molar-refractivity contribution is 7.97. The van der Waals surface area contributed by atoms with Crippen molar-refractivity contribution < 1.29 is 0 Å². The quantitative estimate of drug-likeness (QED) is 0.305. The number of aryl methyl sites for hydroxylation is 1. The number of thiazole rings is 1. The molecule has 0 aliphatic heterocycles. The zero-order valence-corrected chi connectivity index (χ0v) is 19.2. The van der Waals surface area contributed by atoms with Gasteiger partial charge in [-0.1, -0.05) is 24.3 Å². The van der Waals surface area contributed by atoms with Crippen LogP contribution in [-0.2, 0) is 13.6 Å². The third kappa shape index (κ3) is 4.27. The van der Waals surface area contributed by atoms with Crippen molar-refractivity contribution in [2.45, 2.75) is 17.5 Å². The Labute approximate surface area is 190 Å². The van der Waals surface area contributed by atoms with Crippen LogP contribution in [0.1, 0.15) is 16.5 Å². The molecule has 158 valence electrons. The molecule has 31 heavy (non-hydrogen) atoms. The summed E-state index contributed by atoms with van der Waals surface area (Å²) in [5.74, 6) is 0. The zero-order valence-electron chi connectivity index (χ0n) is 17.6. The fourth-order valence-electron chi connectivity index (χ4n) is 4.11. The molecule has 2 N–H and O–H groups in total. The van der Waals surface area contributed by atoms with Gasteiger partial charge in [0, 0.05) is 64.9 Å². The van der Waals surface area contributed by atoms with Crippen molar-refractivity contribution >= 4 is 45.1 Å². The second kappa shape index (κ2) is 8.88. The molecule has 0 aliphatic carbocycles. The Morgan fingerprint density at radius 1 is 1.23 bits per heavy atom. The van der Waals surface area contributed by atoms with Crippen molar-refractivity contribution in [2.24, 2.45) is 7.05 Å². The first-order valence-electron chi connectivity index (χ1n) is 10.3. The molecule has 3 aromatic heterocycles. The van der Waals surface area contributed by atoms with E-state index in [0.717, 1.165) is 13.1 Å². The minimum atomic E-state index is 0.231. The number of H-pyrrole nitrogens is 1. The van der Waals surface area contributed by atoms with E-state index in [9.17, 15) is 0 Å². The summed E-state index contributed by atoms with van der Waals surface area (Å²) in [6, 6.07) is 17.5. The summed E-state index contributed by atoms with van der Waals surface area (Å²) in [7, 11) is 4.32. The van der Waals surface area contributed by atoms with Crippen LogP contribution >= 0.6 is 23.3 Å². The van der Waals surface area contributed by atoms with Crippen LogP contribution in [0, 0.1) is 0 Å². The predicted octanol–water partition coefficient (Wildman–Crippen LogP) is 5.59. The number of rotatable bonds is 8. The molecular weight excluding hydrogens is 422 g/mol. The van der Waals surface area contributed by atoms with E-state index >= 15 is 0 Å². The van der Waals surface area contributed by atoms with Crippen LogP contribution in [0.15, 0.2) is 77.5 Å². The number of nitrogens with zero attached hydrogens (tertiary/aromatic N) is 3. The molecule has 5 rings (SSSR count). The highest BCUT2D eigenvalue weighted by Gasteiger charge is 2.22. The molecule has 7 heteroatoms. The van der Waals surface area contributed by atoms with Gasteiger partial charge in [-0.15, -0.1) is 11.3 Å². The lowest BCUT2D eigenvalue weighted by Gasteiger charge is -2.28. The molecule has 2 aromatic carbocycles. The molecule has 1 unspecified atom stereocenters. The normalized spacial score (nSPS) is 12.9. The number of benzene rings is 2. The minimum Gasteiger partial charge on any atom is -0.361 e. The Bertz CT molecular complexity index is 1290. The number of hydrogen-bond acceptors (Lipinski definition) is 5. The first kappa shape index (κ1) is 20.3. The SMILES string of the molecule is CN(Cc1cncs1)C(CNSc1ccc2cc[nH]c2c1)c1cn(C)c2ccccc12. The van der Waals surface area contributed by atoms with Crippen LogP contribution < -0.4 is 4.72 Å². The van der Waals surface area contributed by atoms with Gasteiger partial charge >= 0.3 is 0 Å². The third-order valence-corrected chi connectivity index (χ3v) is 7.27. The third-order valence-electron chi connectivity index (χ3n) is 5.70. The van der Waals surface area contributed by atoms with Crippen LogP contribution in [0.4, 0.5) is 0 Å². The highest BCUT2D eigenvalue weighted by atomic mass is 32.2. The summed E-state index contributed by atoms with van der Waals surface area (Å²) in [6.45, 7) is 1.70. The molecular formula is C24H25N5S2. The van der Waals surface area contributed by atoms with Gasteiger partial charge in [0.15, 0.2) is 0 Å². The maximum atomic E-state index is 4.25. The van der Waals surface area contributed by atoms with Crippen molar-refractivity contribution in [2.75, 3.05) is 13.6 Å². The van der Waals surface area contributed by atoms with E-state index in [1.165, 1.54) is 37.1 Å². The maximum Gasteiger partial charge on any atom is 0.0794 e. The molecule has 5 aromatic rings. The first-order valence-corrected chi connectivity index (χ1v) is 12.0. The van der Waals surface area contributed by atoms with Crippen molar-refractivity contribution in [3.63, 3.8) is 0 Å². The molecule has 0 saturated heterocycles. The summed E-state index contributed by atoms with van der Waals surface area (Å²) in [4.78, 5) is 12.4. The Hall–Kier alpha value is -2.58. The molecule has 1 atom stereocenters. The molecule has 0 spiro atoms. The van der Waals surface area contributed by atoms with Gasteiger partial charge in [0.05, 0.1) is 11.6 Å². The summed E-state index contributed by atoms with van der Waals surface area (Å²) in [6.07, 6.45) is 6.22. The number of likely N-dealkylation sites (N-methyl/N-ethyl adjacent to an activating group) is 1. The number of aromatic nitrogens is 3. The molecule has 0 amide bonds. The lowest BCUT2D eigenvalue weighted by atomic mass is 10.0. The van der Waals surface area contributed by atoms with Crippen molar-refractivity contribution in [3.05, 3.63) is 83.1 Å². The molecule has 0 fully saturated rings. The van der Waals surface area contributed by atoms with E-state index in [4.69, 9.17) is 0 Å². The Morgan fingerprint density at radius 3 is 3.00 bits per heavy atom. The van der Waals surface area contributed by atoms with Crippen LogP contribution in [0.3, 0.4) is 0 Å². The topological polar surface area (TPSA) is 48.9 Å². The Balaban J connectivity index is 1.39. The van der Waals surface area contributed by atoms with Crippen molar-refractivity contribution in [3.8, 4) is 0 Å². The van der Waals surface area contributed by atoms with E-state index in [2.05, 4.69) is 93.0 Å². The molecule has 0 saturated carbocycles. The van der Waals surface area contributed by atoms with Gasteiger partial charge < -0.3 is 9.55 Å². The standard InChI is InChI=1S/C24H25N5S2/c1-28(14-19-12-25-16-30-19)24(21-15-29(2)23-6-4-3-5-20(21)23)13-27-31-18-8-7-17-9-10-26-22(17)11-18/h3-12,15-16,24,26-27H,13-14H2,1-2H3. The monoisotopic (exact) mass is 447 g/mol. The van der Waals surface area contributed by atoms with Crippen LogP contribution in [0.5, 0.6) is 0 Å². The molecule has 0 bridgehead atoms.